The predicted octanol–water partition coefficient (Wildman–Crippen LogP) is 3.41. The molecule has 1 aliphatic carbocycles. The minimum atomic E-state index is 0.661. The lowest BCUT2D eigenvalue weighted by Gasteiger charge is -2.08. The summed E-state index contributed by atoms with van der Waals surface area (Å²) in [6.45, 7) is 4.47. The molecule has 1 aliphatic rings. The quantitative estimate of drug-likeness (QED) is 0.927. The molecule has 1 heterocycles. The van der Waals surface area contributed by atoms with Crippen LogP contribution in [0.5, 0.6) is 0 Å². The van der Waals surface area contributed by atoms with Crippen molar-refractivity contribution in [3.63, 3.8) is 0 Å². The minimum absolute atomic E-state index is 0.661. The van der Waals surface area contributed by atoms with E-state index in [0.29, 0.717) is 11.7 Å². The third-order valence-corrected chi connectivity index (χ3v) is 3.82. The molecule has 0 radical (unpaired) electrons. The molecular formula is C17H21N3. The summed E-state index contributed by atoms with van der Waals surface area (Å²) in [7, 11) is 0. The highest BCUT2D eigenvalue weighted by Crippen LogP contribution is 2.27. The smallest absolute Gasteiger partial charge is 0.161 e. The van der Waals surface area contributed by atoms with Crippen LogP contribution < -0.4 is 5.73 Å². The summed E-state index contributed by atoms with van der Waals surface area (Å²) in [6.07, 6.45) is 4.30. The maximum atomic E-state index is 6.05. The van der Waals surface area contributed by atoms with Gasteiger partial charge in [0.1, 0.15) is 5.82 Å². The molecule has 0 atom stereocenters. The number of fused-ring (bicyclic) bond motifs is 1. The average molecular weight is 267 g/mol. The van der Waals surface area contributed by atoms with Gasteiger partial charge in [0.05, 0.1) is 0 Å². The van der Waals surface area contributed by atoms with Gasteiger partial charge in [-0.2, -0.15) is 0 Å². The molecule has 2 aromatic rings. The first-order valence-electron chi connectivity index (χ1n) is 7.38. The average Bonchev–Trinajstić information content (AvgIpc) is 2.87. The van der Waals surface area contributed by atoms with Crippen LogP contribution in [-0.2, 0) is 19.3 Å². The highest BCUT2D eigenvalue weighted by atomic mass is 15.0. The van der Waals surface area contributed by atoms with E-state index < -0.39 is 0 Å². The Morgan fingerprint density at radius 1 is 1.10 bits per heavy atom. The van der Waals surface area contributed by atoms with Crippen molar-refractivity contribution in [3.05, 3.63) is 41.1 Å². The number of nitrogens with two attached hydrogens (primary N) is 1. The molecule has 3 heteroatoms. The summed E-state index contributed by atoms with van der Waals surface area (Å²) in [6, 6.07) is 8.55. The van der Waals surface area contributed by atoms with Crippen molar-refractivity contribution in [2.75, 3.05) is 5.73 Å². The van der Waals surface area contributed by atoms with Crippen LogP contribution in [0.3, 0.4) is 0 Å². The van der Waals surface area contributed by atoms with Crippen LogP contribution in [0.4, 0.5) is 5.82 Å². The maximum Gasteiger partial charge on any atom is 0.161 e. The van der Waals surface area contributed by atoms with Gasteiger partial charge in [0.25, 0.3) is 0 Å². The van der Waals surface area contributed by atoms with Gasteiger partial charge in [0, 0.05) is 16.8 Å². The van der Waals surface area contributed by atoms with Crippen molar-refractivity contribution in [1.29, 1.82) is 0 Å². The Bertz CT molecular complexity index is 615. The molecule has 0 saturated heterocycles. The first-order valence-corrected chi connectivity index (χ1v) is 7.38. The third-order valence-electron chi connectivity index (χ3n) is 3.82. The molecular weight excluding hydrogens is 246 g/mol. The topological polar surface area (TPSA) is 51.8 Å². The van der Waals surface area contributed by atoms with E-state index in [1.165, 1.54) is 5.56 Å². The second-order valence-electron chi connectivity index (χ2n) is 6.01. The van der Waals surface area contributed by atoms with Crippen molar-refractivity contribution < 1.29 is 0 Å². The summed E-state index contributed by atoms with van der Waals surface area (Å²) in [5.74, 6) is 2.10. The van der Waals surface area contributed by atoms with E-state index in [-0.39, 0.29) is 0 Å². The Morgan fingerprint density at radius 3 is 2.55 bits per heavy atom. The monoisotopic (exact) mass is 267 g/mol. The molecule has 2 N–H and O–H groups in total. The van der Waals surface area contributed by atoms with Crippen molar-refractivity contribution in [2.24, 2.45) is 5.92 Å². The van der Waals surface area contributed by atoms with Crippen LogP contribution in [0.2, 0.25) is 0 Å². The fourth-order valence-corrected chi connectivity index (χ4v) is 2.85. The Hall–Kier alpha value is -1.90. The Morgan fingerprint density at radius 2 is 1.85 bits per heavy atom. The lowest BCUT2D eigenvalue weighted by atomic mass is 10.0. The van der Waals surface area contributed by atoms with Crippen LogP contribution in [0.1, 0.15) is 37.1 Å². The number of aromatic nitrogens is 2. The molecule has 3 nitrogen and oxygen atoms in total. The summed E-state index contributed by atoms with van der Waals surface area (Å²) in [5, 5.41) is 0. The molecule has 1 aromatic carbocycles. The van der Waals surface area contributed by atoms with E-state index in [9.17, 15) is 0 Å². The number of hydrogen-bond acceptors (Lipinski definition) is 3. The summed E-state index contributed by atoms with van der Waals surface area (Å²) in [5.41, 5.74) is 10.8. The molecule has 0 saturated carbocycles. The minimum Gasteiger partial charge on any atom is -0.383 e. The van der Waals surface area contributed by atoms with Crippen molar-refractivity contribution in [1.82, 2.24) is 9.97 Å². The zero-order valence-corrected chi connectivity index (χ0v) is 12.2. The molecule has 1 aromatic heterocycles. The number of anilines is 1. The number of benzene rings is 1. The van der Waals surface area contributed by atoms with Crippen LogP contribution in [-0.4, -0.2) is 9.97 Å². The second-order valence-corrected chi connectivity index (χ2v) is 6.01. The van der Waals surface area contributed by atoms with Crippen molar-refractivity contribution in [2.45, 2.75) is 39.5 Å². The second kappa shape index (κ2) is 5.23. The van der Waals surface area contributed by atoms with Gasteiger partial charge in [0.15, 0.2) is 5.82 Å². The molecule has 0 unspecified atom stereocenters. The van der Waals surface area contributed by atoms with Gasteiger partial charge in [-0.25, -0.2) is 9.97 Å². The van der Waals surface area contributed by atoms with E-state index in [2.05, 4.69) is 48.1 Å². The van der Waals surface area contributed by atoms with Gasteiger partial charge in [-0.05, 0) is 37.2 Å². The number of hydrogen-bond donors (Lipinski definition) is 1. The SMILES string of the molecule is CC(C)Cc1ccc(-c2nc(N)c3c(n2)CCC3)cc1. The van der Waals surface area contributed by atoms with Gasteiger partial charge >= 0.3 is 0 Å². The first-order chi connectivity index (χ1) is 9.63. The highest BCUT2D eigenvalue weighted by Gasteiger charge is 2.18. The van der Waals surface area contributed by atoms with Gasteiger partial charge < -0.3 is 5.73 Å². The first kappa shape index (κ1) is 13.1. The highest BCUT2D eigenvalue weighted by molar-refractivity contribution is 5.59. The predicted molar refractivity (Wildman–Crippen MR) is 82.4 cm³/mol. The van der Waals surface area contributed by atoms with Gasteiger partial charge in [-0.3, -0.25) is 0 Å². The standard InChI is InChI=1S/C17H21N3/c1-11(2)10-12-6-8-13(9-7-12)17-19-15-5-3-4-14(15)16(18)20-17/h6-9,11H,3-5,10H2,1-2H3,(H2,18,19,20). The fourth-order valence-electron chi connectivity index (χ4n) is 2.85. The lowest BCUT2D eigenvalue weighted by Crippen LogP contribution is -2.03. The van der Waals surface area contributed by atoms with Gasteiger partial charge in [-0.15, -0.1) is 0 Å². The Balaban J connectivity index is 1.91. The van der Waals surface area contributed by atoms with E-state index >= 15 is 0 Å². The largest absolute Gasteiger partial charge is 0.383 e. The zero-order chi connectivity index (χ0) is 14.1. The van der Waals surface area contributed by atoms with E-state index in [1.807, 2.05) is 0 Å². The number of nitrogens with zero attached hydrogens (tertiary/aromatic N) is 2. The Labute approximate surface area is 120 Å². The molecule has 20 heavy (non-hydrogen) atoms. The summed E-state index contributed by atoms with van der Waals surface area (Å²) >= 11 is 0. The summed E-state index contributed by atoms with van der Waals surface area (Å²) < 4.78 is 0. The fraction of sp³-hybridized carbons (Fsp3) is 0.412. The summed E-state index contributed by atoms with van der Waals surface area (Å²) in [4.78, 5) is 9.16. The van der Waals surface area contributed by atoms with E-state index in [1.54, 1.807) is 0 Å². The van der Waals surface area contributed by atoms with Crippen molar-refractivity contribution >= 4 is 5.82 Å². The molecule has 3 rings (SSSR count). The van der Waals surface area contributed by atoms with Gasteiger partial charge in [-0.1, -0.05) is 38.1 Å². The van der Waals surface area contributed by atoms with Crippen LogP contribution in [0.15, 0.2) is 24.3 Å². The maximum absolute atomic E-state index is 6.05. The van der Waals surface area contributed by atoms with E-state index in [4.69, 9.17) is 5.73 Å². The van der Waals surface area contributed by atoms with Crippen LogP contribution >= 0.6 is 0 Å². The van der Waals surface area contributed by atoms with E-state index in [0.717, 1.165) is 48.3 Å². The van der Waals surface area contributed by atoms with Crippen molar-refractivity contribution in [3.8, 4) is 11.4 Å². The molecule has 0 amide bonds. The van der Waals surface area contributed by atoms with Crippen LogP contribution in [0.25, 0.3) is 11.4 Å². The molecule has 0 fully saturated rings. The lowest BCUT2D eigenvalue weighted by molar-refractivity contribution is 0.647. The molecule has 0 bridgehead atoms. The molecule has 0 aliphatic heterocycles. The van der Waals surface area contributed by atoms with Gasteiger partial charge in [0.2, 0.25) is 0 Å². The Kier molecular flexibility index (Phi) is 3.43. The molecule has 0 spiro atoms. The number of aryl methyl sites for hydroxylation is 1. The zero-order valence-electron chi connectivity index (χ0n) is 12.2. The van der Waals surface area contributed by atoms with Crippen LogP contribution in [0, 0.1) is 5.92 Å². The number of nitrogen functional groups attached to an aromatic ring is 1. The third kappa shape index (κ3) is 2.53. The normalized spacial score (nSPS) is 13.8. The number of rotatable bonds is 3. The molecule has 104 valence electrons.